The summed E-state index contributed by atoms with van der Waals surface area (Å²) in [5, 5.41) is 5.93. The maximum atomic E-state index is 12.3. The second-order valence-corrected chi connectivity index (χ2v) is 4.71. The lowest BCUT2D eigenvalue weighted by Gasteiger charge is -2.17. The van der Waals surface area contributed by atoms with Crippen LogP contribution in [-0.4, -0.2) is 25.1 Å². The lowest BCUT2D eigenvalue weighted by molar-refractivity contribution is -0.122. The zero-order valence-corrected chi connectivity index (χ0v) is 11.1. The number of halogens is 2. The molecule has 1 heterocycles. The lowest BCUT2D eigenvalue weighted by Crippen LogP contribution is -2.42. The minimum atomic E-state index is -2.85. The fourth-order valence-electron chi connectivity index (χ4n) is 2.23. The van der Waals surface area contributed by atoms with Gasteiger partial charge in [0.1, 0.15) is 5.75 Å². The molecule has 4 nitrogen and oxygen atoms in total. The third-order valence-corrected chi connectivity index (χ3v) is 3.26. The molecule has 0 radical (unpaired) electrons. The van der Waals surface area contributed by atoms with Gasteiger partial charge in [-0.1, -0.05) is 18.2 Å². The number of ether oxygens (including phenoxy) is 1. The summed E-state index contributed by atoms with van der Waals surface area (Å²) in [6, 6.07) is 6.31. The summed E-state index contributed by atoms with van der Waals surface area (Å²) >= 11 is 0. The summed E-state index contributed by atoms with van der Waals surface area (Å²) in [6.07, 6.45) is 2.68. The minimum Gasteiger partial charge on any atom is -0.434 e. The topological polar surface area (TPSA) is 50.4 Å². The van der Waals surface area contributed by atoms with E-state index in [1.165, 1.54) is 6.07 Å². The first-order valence-corrected chi connectivity index (χ1v) is 6.70. The molecule has 1 amide bonds. The second-order valence-electron chi connectivity index (χ2n) is 4.71. The molecule has 1 atom stereocenters. The molecule has 1 aliphatic heterocycles. The van der Waals surface area contributed by atoms with Gasteiger partial charge in [0.15, 0.2) is 0 Å². The van der Waals surface area contributed by atoms with Gasteiger partial charge in [0.05, 0.1) is 6.04 Å². The molecule has 1 aromatic carbocycles. The number of nitrogens with one attached hydrogen (secondary N) is 2. The fraction of sp³-hybridized carbons (Fsp3) is 0.500. The molecule has 0 aromatic heterocycles. The first kappa shape index (κ1) is 14.7. The van der Waals surface area contributed by atoms with Crippen LogP contribution in [0, 0.1) is 0 Å². The van der Waals surface area contributed by atoms with E-state index in [-0.39, 0.29) is 17.7 Å². The number of hydrogen-bond donors (Lipinski definition) is 2. The molecule has 1 unspecified atom stereocenters. The van der Waals surface area contributed by atoms with Crippen molar-refractivity contribution in [3.05, 3.63) is 29.8 Å². The predicted octanol–water partition coefficient (Wildman–Crippen LogP) is 2.05. The molecule has 1 aliphatic rings. The van der Waals surface area contributed by atoms with Crippen molar-refractivity contribution < 1.29 is 18.3 Å². The van der Waals surface area contributed by atoms with Crippen LogP contribution >= 0.6 is 0 Å². The van der Waals surface area contributed by atoms with Gasteiger partial charge in [0, 0.05) is 18.7 Å². The Morgan fingerprint density at radius 2 is 2.15 bits per heavy atom. The Hall–Kier alpha value is -1.69. The maximum Gasteiger partial charge on any atom is 0.387 e. The Balaban J connectivity index is 1.97. The zero-order chi connectivity index (χ0) is 14.4. The van der Waals surface area contributed by atoms with Gasteiger partial charge in [-0.05, 0) is 25.3 Å². The van der Waals surface area contributed by atoms with E-state index in [1.807, 2.05) is 0 Å². The first-order valence-electron chi connectivity index (χ1n) is 6.70. The average molecular weight is 284 g/mol. The quantitative estimate of drug-likeness (QED) is 0.870. The summed E-state index contributed by atoms with van der Waals surface area (Å²) in [5.41, 5.74) is 0.616. The van der Waals surface area contributed by atoms with Gasteiger partial charge in [0.25, 0.3) is 0 Å². The standard InChI is InChI=1S/C14H18F2N2O2/c15-14(16)20-12-7-2-1-5-10(12)9-18-11-6-3-4-8-17-13(11)19/h1-2,5,7,11,14,18H,3-4,6,8-9H2,(H,17,19). The van der Waals surface area contributed by atoms with E-state index in [1.54, 1.807) is 18.2 Å². The highest BCUT2D eigenvalue weighted by molar-refractivity contribution is 5.81. The molecule has 1 fully saturated rings. The Kier molecular flexibility index (Phi) is 5.29. The van der Waals surface area contributed by atoms with E-state index >= 15 is 0 Å². The Morgan fingerprint density at radius 1 is 1.35 bits per heavy atom. The van der Waals surface area contributed by atoms with E-state index < -0.39 is 6.61 Å². The largest absolute Gasteiger partial charge is 0.434 e. The van der Waals surface area contributed by atoms with Gasteiger partial charge in [-0.25, -0.2) is 0 Å². The van der Waals surface area contributed by atoms with Crippen LogP contribution < -0.4 is 15.4 Å². The third-order valence-electron chi connectivity index (χ3n) is 3.26. The lowest BCUT2D eigenvalue weighted by atomic mass is 10.1. The maximum absolute atomic E-state index is 12.3. The first-order chi connectivity index (χ1) is 9.66. The van der Waals surface area contributed by atoms with Crippen molar-refractivity contribution in [3.8, 4) is 5.75 Å². The van der Waals surface area contributed by atoms with Crippen LogP contribution in [0.4, 0.5) is 8.78 Å². The Bertz CT molecular complexity index is 455. The predicted molar refractivity (Wildman–Crippen MR) is 70.6 cm³/mol. The van der Waals surface area contributed by atoms with Gasteiger partial charge in [-0.3, -0.25) is 4.79 Å². The highest BCUT2D eigenvalue weighted by Crippen LogP contribution is 2.20. The van der Waals surface area contributed by atoms with Crippen molar-refractivity contribution in [2.45, 2.75) is 38.5 Å². The highest BCUT2D eigenvalue weighted by atomic mass is 19.3. The molecule has 2 rings (SSSR count). The molecular formula is C14H18F2N2O2. The molecule has 0 saturated carbocycles. The van der Waals surface area contributed by atoms with Crippen molar-refractivity contribution in [1.29, 1.82) is 0 Å². The number of amides is 1. The summed E-state index contributed by atoms with van der Waals surface area (Å²) in [6.45, 7) is -1.83. The van der Waals surface area contributed by atoms with E-state index in [4.69, 9.17) is 0 Å². The van der Waals surface area contributed by atoms with Gasteiger partial charge in [-0.15, -0.1) is 0 Å². The number of alkyl halides is 2. The normalized spacial score (nSPS) is 19.6. The summed E-state index contributed by atoms with van der Waals surface area (Å²) < 4.78 is 29.1. The molecule has 0 bridgehead atoms. The van der Waals surface area contributed by atoms with Gasteiger partial charge >= 0.3 is 6.61 Å². The zero-order valence-electron chi connectivity index (χ0n) is 11.1. The van der Waals surface area contributed by atoms with Gasteiger partial charge < -0.3 is 15.4 Å². The van der Waals surface area contributed by atoms with Crippen LogP contribution in [-0.2, 0) is 11.3 Å². The van der Waals surface area contributed by atoms with Crippen LogP contribution in [0.25, 0.3) is 0 Å². The van der Waals surface area contributed by atoms with Crippen LogP contribution in [0.3, 0.4) is 0 Å². The van der Waals surface area contributed by atoms with E-state index in [2.05, 4.69) is 15.4 Å². The molecule has 2 N–H and O–H groups in total. The van der Waals surface area contributed by atoms with Crippen molar-refractivity contribution in [1.82, 2.24) is 10.6 Å². The van der Waals surface area contributed by atoms with Crippen LogP contribution in [0.2, 0.25) is 0 Å². The number of benzene rings is 1. The molecule has 6 heteroatoms. The average Bonchev–Trinajstić information content (AvgIpc) is 2.62. The SMILES string of the molecule is O=C1NCCCCC1NCc1ccccc1OC(F)F. The third kappa shape index (κ3) is 4.16. The molecule has 20 heavy (non-hydrogen) atoms. The van der Waals surface area contributed by atoms with Crippen molar-refractivity contribution >= 4 is 5.91 Å². The van der Waals surface area contributed by atoms with Crippen molar-refractivity contribution in [3.63, 3.8) is 0 Å². The molecule has 1 aromatic rings. The minimum absolute atomic E-state index is 0.0326. The Morgan fingerprint density at radius 3 is 2.95 bits per heavy atom. The molecule has 110 valence electrons. The molecule has 0 spiro atoms. The van der Waals surface area contributed by atoms with E-state index in [0.717, 1.165) is 19.3 Å². The molecular weight excluding hydrogens is 266 g/mol. The van der Waals surface area contributed by atoms with Crippen molar-refractivity contribution in [2.24, 2.45) is 0 Å². The number of carbonyl (C=O) groups excluding carboxylic acids is 1. The smallest absolute Gasteiger partial charge is 0.387 e. The van der Waals surface area contributed by atoms with Crippen LogP contribution in [0.15, 0.2) is 24.3 Å². The second kappa shape index (κ2) is 7.19. The highest BCUT2D eigenvalue weighted by Gasteiger charge is 2.20. The van der Waals surface area contributed by atoms with Gasteiger partial charge in [-0.2, -0.15) is 8.78 Å². The number of para-hydroxylation sites is 1. The summed E-state index contributed by atoms with van der Waals surface area (Å²) in [4.78, 5) is 11.8. The summed E-state index contributed by atoms with van der Waals surface area (Å²) in [7, 11) is 0. The molecule has 1 saturated heterocycles. The summed E-state index contributed by atoms with van der Waals surface area (Å²) in [5.74, 6) is 0.110. The fourth-order valence-corrected chi connectivity index (χ4v) is 2.23. The number of rotatable bonds is 5. The van der Waals surface area contributed by atoms with Gasteiger partial charge in [0.2, 0.25) is 5.91 Å². The van der Waals surface area contributed by atoms with E-state index in [0.29, 0.717) is 18.7 Å². The van der Waals surface area contributed by atoms with Crippen LogP contribution in [0.1, 0.15) is 24.8 Å². The van der Waals surface area contributed by atoms with E-state index in [9.17, 15) is 13.6 Å². The molecule has 0 aliphatic carbocycles. The van der Waals surface area contributed by atoms with Crippen LogP contribution in [0.5, 0.6) is 5.75 Å². The Labute approximate surface area is 116 Å². The number of carbonyl (C=O) groups is 1. The monoisotopic (exact) mass is 284 g/mol. The number of hydrogen-bond acceptors (Lipinski definition) is 3. The van der Waals surface area contributed by atoms with Crippen molar-refractivity contribution in [2.75, 3.05) is 6.54 Å².